The number of rotatable bonds is 45. The molecule has 0 aliphatic rings. The van der Waals surface area contributed by atoms with Gasteiger partial charge in [-0.15, -0.1) is 0 Å². The molecule has 0 atom stereocenters. The highest BCUT2D eigenvalue weighted by Gasteiger charge is 2.31. The summed E-state index contributed by atoms with van der Waals surface area (Å²) in [6.45, 7) is 14.1. The van der Waals surface area contributed by atoms with Gasteiger partial charge in [0.05, 0.1) is 0 Å². The average molecular weight is 762 g/mol. The van der Waals surface area contributed by atoms with Gasteiger partial charge in [-0.05, 0) is 35.9 Å². The molecule has 0 amide bonds. The molecule has 0 aliphatic carbocycles. The number of unbranched alkanes of at least 4 members (excludes halogenated alkanes) is 33. The van der Waals surface area contributed by atoms with Gasteiger partial charge in [0, 0.05) is 0 Å². The molecule has 0 unspecified atom stereocenters. The largest absolute Gasteiger partial charge is 0.297 e. The van der Waals surface area contributed by atoms with Crippen LogP contribution < -0.4 is 0 Å². The van der Waals surface area contributed by atoms with E-state index in [9.17, 15) is 4.80 Å². The maximum atomic E-state index is 14.2. The maximum Gasteiger partial charge on any atom is 0.237 e. The van der Waals surface area contributed by atoms with Gasteiger partial charge in [-0.3, -0.25) is 4.80 Å². The summed E-state index contributed by atoms with van der Waals surface area (Å²) in [6, 6.07) is 3.25. The van der Waals surface area contributed by atoms with Crippen LogP contribution in [0.4, 0.5) is 0 Å². The zero-order valence-electron chi connectivity index (χ0n) is 38.3. The Morgan fingerprint density at radius 2 is 0.358 bits per heavy atom. The van der Waals surface area contributed by atoms with Gasteiger partial charge < -0.3 is 0 Å². The Balaban J connectivity index is 4.10. The summed E-state index contributed by atoms with van der Waals surface area (Å²) in [5.41, 5.74) is 0. The SMILES string of the molecule is CC(C)CCCCCCCCCCCCCC[Si]([O])(CCCCCCCCCCCCCCC(C)C)CCCCCCCCCCCCCCC(C)C. The van der Waals surface area contributed by atoms with E-state index in [4.69, 9.17) is 0 Å². The lowest BCUT2D eigenvalue weighted by atomic mass is 10.0. The van der Waals surface area contributed by atoms with Crippen molar-refractivity contribution in [3.05, 3.63) is 0 Å². The molecule has 0 saturated carbocycles. The lowest BCUT2D eigenvalue weighted by Crippen LogP contribution is -2.32. The highest BCUT2D eigenvalue weighted by Crippen LogP contribution is 2.29. The second-order valence-electron chi connectivity index (χ2n) is 19.7. The van der Waals surface area contributed by atoms with E-state index in [1.165, 1.54) is 250 Å². The third kappa shape index (κ3) is 44.8. The van der Waals surface area contributed by atoms with E-state index in [0.29, 0.717) is 0 Å². The van der Waals surface area contributed by atoms with Crippen molar-refractivity contribution in [1.29, 1.82) is 0 Å². The standard InChI is InChI=1S/C51H105OSi/c1-49(2)43-37-31-25-19-13-7-10-16-22-28-34-40-46-53(52,47-41-35-29-23-17-11-8-14-20-26-32-38-44-50(3)4)48-42-36-30-24-18-12-9-15-21-27-33-39-45-51(5)6/h49-51H,7-48H2,1-6H3. The van der Waals surface area contributed by atoms with Crippen molar-refractivity contribution in [2.75, 3.05) is 0 Å². The van der Waals surface area contributed by atoms with Crippen LogP contribution in [0.1, 0.15) is 292 Å². The Labute approximate surface area is 339 Å². The summed E-state index contributed by atoms with van der Waals surface area (Å²) in [5.74, 6) is 2.62. The smallest absolute Gasteiger partial charge is 0.237 e. The molecule has 0 bridgehead atoms. The lowest BCUT2D eigenvalue weighted by molar-refractivity contribution is 0.397. The van der Waals surface area contributed by atoms with Gasteiger partial charge >= 0.3 is 0 Å². The van der Waals surface area contributed by atoms with Crippen LogP contribution in [-0.2, 0) is 4.80 Å². The van der Waals surface area contributed by atoms with Crippen LogP contribution in [0.3, 0.4) is 0 Å². The molecule has 0 heterocycles. The molecular weight excluding hydrogens is 657 g/mol. The molecule has 0 fully saturated rings. The second-order valence-corrected chi connectivity index (χ2v) is 23.6. The van der Waals surface area contributed by atoms with Crippen LogP contribution in [-0.4, -0.2) is 8.32 Å². The molecule has 0 saturated heterocycles. The number of hydrogen-bond acceptors (Lipinski definition) is 0. The van der Waals surface area contributed by atoms with Crippen molar-refractivity contribution in [2.24, 2.45) is 17.8 Å². The van der Waals surface area contributed by atoms with E-state index in [2.05, 4.69) is 41.5 Å². The minimum Gasteiger partial charge on any atom is -0.297 e. The third-order valence-corrected chi connectivity index (χ3v) is 16.3. The topological polar surface area (TPSA) is 19.9 Å². The highest BCUT2D eigenvalue weighted by molar-refractivity contribution is 6.72. The van der Waals surface area contributed by atoms with Crippen LogP contribution in [0, 0.1) is 17.8 Å². The zero-order valence-corrected chi connectivity index (χ0v) is 39.3. The molecule has 0 aliphatic heterocycles. The quantitative estimate of drug-likeness (QED) is 0.0435. The summed E-state index contributed by atoms with van der Waals surface area (Å²) >= 11 is 0. The average Bonchev–Trinajstić information content (AvgIpc) is 3.11. The van der Waals surface area contributed by atoms with Gasteiger partial charge in [0.15, 0.2) is 0 Å². The fraction of sp³-hybridized carbons (Fsp3) is 1.00. The molecule has 0 aromatic heterocycles. The van der Waals surface area contributed by atoms with Crippen LogP contribution in [0.2, 0.25) is 18.1 Å². The second kappa shape index (κ2) is 41.8. The summed E-state index contributed by atoms with van der Waals surface area (Å²) in [4.78, 5) is 14.2. The molecule has 0 N–H and O–H groups in total. The maximum absolute atomic E-state index is 14.2. The molecule has 0 spiro atoms. The normalized spacial score (nSPS) is 12.3. The van der Waals surface area contributed by atoms with Crippen LogP contribution >= 0.6 is 0 Å². The van der Waals surface area contributed by atoms with E-state index in [1.54, 1.807) is 0 Å². The van der Waals surface area contributed by atoms with E-state index >= 15 is 0 Å². The zero-order chi connectivity index (χ0) is 38.9. The first-order valence-corrected chi connectivity index (χ1v) is 28.0. The molecule has 0 rings (SSSR count). The Kier molecular flexibility index (Phi) is 41.9. The Hall–Kier alpha value is 0.177. The molecule has 53 heavy (non-hydrogen) atoms. The van der Waals surface area contributed by atoms with Crippen molar-refractivity contribution >= 4 is 8.32 Å². The summed E-state index contributed by atoms with van der Waals surface area (Å²) in [6.07, 6.45) is 54.8. The summed E-state index contributed by atoms with van der Waals surface area (Å²) < 4.78 is 0. The minimum atomic E-state index is -2.32. The molecule has 1 nitrogen and oxygen atoms in total. The van der Waals surface area contributed by atoms with Gasteiger partial charge in [-0.25, -0.2) is 0 Å². The summed E-state index contributed by atoms with van der Waals surface area (Å²) in [5, 5.41) is 0. The predicted octanol–water partition coefficient (Wildman–Crippen LogP) is 19.5. The van der Waals surface area contributed by atoms with Crippen molar-refractivity contribution in [3.8, 4) is 0 Å². The van der Waals surface area contributed by atoms with Crippen LogP contribution in [0.25, 0.3) is 0 Å². The van der Waals surface area contributed by atoms with E-state index in [-0.39, 0.29) is 0 Å². The molecular formula is C51H105OSi. The Morgan fingerprint density at radius 3 is 0.509 bits per heavy atom. The predicted molar refractivity (Wildman–Crippen MR) is 245 cm³/mol. The van der Waals surface area contributed by atoms with Crippen LogP contribution in [0.15, 0.2) is 0 Å². The first-order chi connectivity index (χ1) is 25.7. The van der Waals surface area contributed by atoms with E-state index in [0.717, 1.165) is 35.9 Å². The third-order valence-electron chi connectivity index (χ3n) is 12.5. The van der Waals surface area contributed by atoms with Gasteiger partial charge in [-0.1, -0.05) is 292 Å². The fourth-order valence-electron chi connectivity index (χ4n) is 8.68. The minimum absolute atomic E-state index is 0.874. The van der Waals surface area contributed by atoms with Gasteiger partial charge in [0.2, 0.25) is 8.32 Å². The molecule has 0 aromatic carbocycles. The molecule has 0 aromatic rings. The first-order valence-electron chi connectivity index (χ1n) is 25.5. The van der Waals surface area contributed by atoms with E-state index in [1.807, 2.05) is 0 Å². The van der Waals surface area contributed by atoms with Gasteiger partial charge in [0.25, 0.3) is 0 Å². The molecule has 319 valence electrons. The molecule has 1 radical (unpaired) electrons. The van der Waals surface area contributed by atoms with Gasteiger partial charge in [0.1, 0.15) is 0 Å². The fourth-order valence-corrected chi connectivity index (χ4v) is 12.1. The van der Waals surface area contributed by atoms with Crippen molar-refractivity contribution in [2.45, 2.75) is 310 Å². The Morgan fingerprint density at radius 1 is 0.226 bits per heavy atom. The van der Waals surface area contributed by atoms with E-state index < -0.39 is 8.32 Å². The van der Waals surface area contributed by atoms with Gasteiger partial charge in [-0.2, -0.15) is 0 Å². The van der Waals surface area contributed by atoms with Crippen molar-refractivity contribution in [3.63, 3.8) is 0 Å². The monoisotopic (exact) mass is 762 g/mol. The Bertz CT molecular complexity index is 583. The van der Waals surface area contributed by atoms with Crippen molar-refractivity contribution < 1.29 is 4.80 Å². The molecule has 2 heteroatoms. The lowest BCUT2D eigenvalue weighted by Gasteiger charge is -2.23. The highest BCUT2D eigenvalue weighted by atomic mass is 28.4. The first kappa shape index (κ1) is 53.2. The summed E-state index contributed by atoms with van der Waals surface area (Å²) in [7, 11) is -2.32. The van der Waals surface area contributed by atoms with Crippen LogP contribution in [0.5, 0.6) is 0 Å². The van der Waals surface area contributed by atoms with Crippen molar-refractivity contribution in [1.82, 2.24) is 0 Å². The number of hydrogen-bond donors (Lipinski definition) is 0.